The van der Waals surface area contributed by atoms with Gasteiger partial charge in [-0.15, -0.1) is 0 Å². The van der Waals surface area contributed by atoms with E-state index < -0.39 is 83.6 Å². The average molecular weight is 854 g/mol. The van der Waals surface area contributed by atoms with Gasteiger partial charge in [-0.05, 0) is 80.9 Å². The molecule has 0 bridgehead atoms. The van der Waals surface area contributed by atoms with Crippen molar-refractivity contribution in [2.45, 2.75) is 134 Å². The molecule has 4 rings (SSSR count). The molecule has 7 atom stereocenters. The van der Waals surface area contributed by atoms with Crippen LogP contribution in [0.4, 0.5) is 0 Å². The number of phenolic OH excluding ortho intramolecular Hbond substituents is 1. The standard InChI is InChI=1S/C41H63N11O9/c1-22(2)20-29(49-38(59)31-10-7-19-52(31)40(61)33(23(3)4)50-36(57)27-15-16-32(54)46-27)39(60)51-18-6-9-30(51)37(58)47-26(8-5-17-45-41(43)44)35(56)48-28(34(42)55)21-24-11-13-25(53)14-12-24/h11-14,22-23,26-31,33,53H,5-10,15-21H2,1-4H3,(H2,42,55)(H,46,54)(H,47,58)(H,48,56)(H,49,59)(H,50,57)(H4,43,44,45)/t26-,27-,28-,29-,30-,31-,33-/m0/s1. The number of carbonyl (C=O) groups excluding carboxylic acids is 8. The summed E-state index contributed by atoms with van der Waals surface area (Å²) in [6, 6.07) is -0.910. The van der Waals surface area contributed by atoms with Crippen molar-refractivity contribution in [3.8, 4) is 5.75 Å². The van der Waals surface area contributed by atoms with Gasteiger partial charge in [-0.25, -0.2) is 0 Å². The minimum absolute atomic E-state index is 0.0207. The van der Waals surface area contributed by atoms with E-state index in [0.717, 1.165) is 0 Å². The van der Waals surface area contributed by atoms with Gasteiger partial charge in [-0.3, -0.25) is 43.3 Å². The van der Waals surface area contributed by atoms with Crippen molar-refractivity contribution >= 4 is 53.2 Å². The molecule has 0 radical (unpaired) electrons. The number of amides is 8. The second-order valence-corrected chi connectivity index (χ2v) is 16.8. The molecule has 61 heavy (non-hydrogen) atoms. The van der Waals surface area contributed by atoms with Gasteiger partial charge in [0.25, 0.3) is 0 Å². The first-order valence-corrected chi connectivity index (χ1v) is 21.1. The summed E-state index contributed by atoms with van der Waals surface area (Å²) in [6.07, 6.45) is 2.75. The van der Waals surface area contributed by atoms with Gasteiger partial charge >= 0.3 is 0 Å². The number of benzene rings is 1. The Labute approximate surface area is 355 Å². The van der Waals surface area contributed by atoms with Crippen LogP contribution in [-0.2, 0) is 44.8 Å². The third-order valence-corrected chi connectivity index (χ3v) is 11.2. The number of nitrogens with two attached hydrogens (primary N) is 3. The SMILES string of the molecule is CC(C)C[C@H](NC(=O)[C@@H]1CCCN1C(=O)[C@@H](NC(=O)[C@@H]1CCC(=O)N1)C(C)C)C(=O)N1CCC[C@H]1C(=O)N[C@@H](CCCN=C(N)N)C(=O)N[C@@H](Cc1ccc(O)cc1)C(N)=O. The molecular formula is C41H63N11O9. The van der Waals surface area contributed by atoms with Crippen molar-refractivity contribution in [3.63, 3.8) is 0 Å². The molecule has 0 unspecified atom stereocenters. The van der Waals surface area contributed by atoms with Crippen LogP contribution in [0.3, 0.4) is 0 Å². The highest BCUT2D eigenvalue weighted by molar-refractivity contribution is 5.98. The summed E-state index contributed by atoms with van der Waals surface area (Å²) in [6.45, 7) is 7.97. The zero-order chi connectivity index (χ0) is 45.0. The Morgan fingerprint density at radius 2 is 1.38 bits per heavy atom. The first-order valence-electron chi connectivity index (χ1n) is 21.1. The van der Waals surface area contributed by atoms with Gasteiger partial charge in [0.05, 0.1) is 0 Å². The summed E-state index contributed by atoms with van der Waals surface area (Å²) >= 11 is 0. The molecule has 0 saturated carbocycles. The summed E-state index contributed by atoms with van der Waals surface area (Å²) in [7, 11) is 0. The molecule has 3 aliphatic heterocycles. The fourth-order valence-electron chi connectivity index (χ4n) is 7.93. The number of guanidine groups is 1. The van der Waals surface area contributed by atoms with Crippen molar-refractivity contribution in [1.29, 1.82) is 0 Å². The van der Waals surface area contributed by atoms with E-state index >= 15 is 0 Å². The van der Waals surface area contributed by atoms with E-state index in [2.05, 4.69) is 31.6 Å². The predicted molar refractivity (Wildman–Crippen MR) is 224 cm³/mol. The molecule has 0 spiro atoms. The quantitative estimate of drug-likeness (QED) is 0.0408. The lowest BCUT2D eigenvalue weighted by atomic mass is 10.00. The summed E-state index contributed by atoms with van der Waals surface area (Å²) in [5.74, 6) is -4.79. The van der Waals surface area contributed by atoms with Crippen LogP contribution in [0.2, 0.25) is 0 Å². The van der Waals surface area contributed by atoms with Crippen molar-refractivity contribution < 1.29 is 43.5 Å². The maximum Gasteiger partial charge on any atom is 0.246 e. The first kappa shape index (κ1) is 47.7. The normalized spacial score (nSPS) is 20.6. The largest absolute Gasteiger partial charge is 0.508 e. The molecule has 0 aliphatic carbocycles. The summed E-state index contributed by atoms with van der Waals surface area (Å²) in [5.41, 5.74) is 17.2. The number of primary amides is 1. The Bertz CT molecular complexity index is 1800. The number of nitrogens with zero attached hydrogens (tertiary/aromatic N) is 3. The van der Waals surface area contributed by atoms with Gasteiger partial charge in [-0.2, -0.15) is 0 Å². The topological polar surface area (TPSA) is 314 Å². The van der Waals surface area contributed by atoms with Gasteiger partial charge in [0.15, 0.2) is 5.96 Å². The lowest BCUT2D eigenvalue weighted by Crippen LogP contribution is -2.60. The number of likely N-dealkylation sites (tertiary alicyclic amines) is 2. The molecule has 1 aromatic carbocycles. The third kappa shape index (κ3) is 13.5. The minimum Gasteiger partial charge on any atom is -0.508 e. The van der Waals surface area contributed by atoms with E-state index in [0.29, 0.717) is 31.2 Å². The fourth-order valence-corrected chi connectivity index (χ4v) is 7.93. The highest BCUT2D eigenvalue weighted by Gasteiger charge is 2.43. The van der Waals surface area contributed by atoms with Crippen LogP contribution < -0.4 is 43.8 Å². The maximum atomic E-state index is 14.3. The number of nitrogens with one attached hydrogen (secondary N) is 5. The number of aliphatic imine (C=N–C) groups is 1. The van der Waals surface area contributed by atoms with Crippen LogP contribution in [0.1, 0.15) is 91.0 Å². The van der Waals surface area contributed by atoms with Gasteiger partial charge in [-0.1, -0.05) is 39.8 Å². The second-order valence-electron chi connectivity index (χ2n) is 16.8. The highest BCUT2D eigenvalue weighted by atomic mass is 16.3. The second kappa shape index (κ2) is 22.1. The number of rotatable bonds is 20. The van der Waals surface area contributed by atoms with Crippen molar-refractivity contribution in [2.24, 2.45) is 34.0 Å². The van der Waals surface area contributed by atoms with Crippen LogP contribution in [0.25, 0.3) is 0 Å². The molecule has 12 N–H and O–H groups in total. The van der Waals surface area contributed by atoms with Crippen LogP contribution >= 0.6 is 0 Å². The van der Waals surface area contributed by atoms with Crippen molar-refractivity contribution in [1.82, 2.24) is 36.4 Å². The van der Waals surface area contributed by atoms with Crippen molar-refractivity contribution in [3.05, 3.63) is 29.8 Å². The lowest BCUT2D eigenvalue weighted by molar-refractivity contribution is -0.145. The molecule has 3 saturated heterocycles. The van der Waals surface area contributed by atoms with Crippen molar-refractivity contribution in [2.75, 3.05) is 19.6 Å². The predicted octanol–water partition coefficient (Wildman–Crippen LogP) is -1.62. The first-order chi connectivity index (χ1) is 28.9. The third-order valence-electron chi connectivity index (χ3n) is 11.2. The number of hydrogen-bond acceptors (Lipinski definition) is 10. The Kier molecular flexibility index (Phi) is 17.3. The van der Waals surface area contributed by atoms with E-state index in [-0.39, 0.29) is 87.6 Å². The number of aromatic hydroxyl groups is 1. The van der Waals surface area contributed by atoms with Gasteiger partial charge in [0.1, 0.15) is 48.0 Å². The molecule has 1 aromatic rings. The Hall–Kier alpha value is -5.95. The number of phenols is 1. The summed E-state index contributed by atoms with van der Waals surface area (Å²) < 4.78 is 0. The van der Waals surface area contributed by atoms with E-state index in [4.69, 9.17) is 17.2 Å². The molecule has 8 amide bonds. The van der Waals surface area contributed by atoms with E-state index in [1.807, 2.05) is 13.8 Å². The Morgan fingerprint density at radius 1 is 0.787 bits per heavy atom. The zero-order valence-corrected chi connectivity index (χ0v) is 35.5. The Balaban J connectivity index is 1.47. The molecule has 3 fully saturated rings. The lowest BCUT2D eigenvalue weighted by Gasteiger charge is -2.33. The monoisotopic (exact) mass is 853 g/mol. The molecule has 3 heterocycles. The molecule has 20 heteroatoms. The highest BCUT2D eigenvalue weighted by Crippen LogP contribution is 2.24. The molecule has 20 nitrogen and oxygen atoms in total. The van der Waals surface area contributed by atoms with E-state index in [9.17, 15) is 43.5 Å². The molecule has 3 aliphatic rings. The van der Waals surface area contributed by atoms with E-state index in [1.165, 1.54) is 21.9 Å². The molecule has 336 valence electrons. The summed E-state index contributed by atoms with van der Waals surface area (Å²) in [4.78, 5) is 114. The molecule has 0 aromatic heterocycles. The molecular weight excluding hydrogens is 791 g/mol. The minimum atomic E-state index is -1.17. The van der Waals surface area contributed by atoms with E-state index in [1.54, 1.807) is 26.0 Å². The number of hydrogen-bond donors (Lipinski definition) is 9. The summed E-state index contributed by atoms with van der Waals surface area (Å²) in [5, 5.41) is 23.3. The van der Waals surface area contributed by atoms with Crippen LogP contribution in [-0.4, -0.2) is 130 Å². The van der Waals surface area contributed by atoms with Gasteiger partial charge in [0.2, 0.25) is 47.3 Å². The van der Waals surface area contributed by atoms with Crippen LogP contribution in [0, 0.1) is 11.8 Å². The zero-order valence-electron chi connectivity index (χ0n) is 35.5. The van der Waals surface area contributed by atoms with Crippen LogP contribution in [0.5, 0.6) is 5.75 Å². The number of carbonyl (C=O) groups is 8. The Morgan fingerprint density at radius 3 is 1.90 bits per heavy atom. The van der Waals surface area contributed by atoms with Crippen LogP contribution in [0.15, 0.2) is 29.3 Å². The maximum absolute atomic E-state index is 14.3. The fraction of sp³-hybridized carbons (Fsp3) is 0.634. The average Bonchev–Trinajstić information content (AvgIpc) is 3.99. The smallest absolute Gasteiger partial charge is 0.246 e. The van der Waals surface area contributed by atoms with Gasteiger partial charge < -0.3 is 58.7 Å². The van der Waals surface area contributed by atoms with Gasteiger partial charge in [0, 0.05) is 32.5 Å².